The summed E-state index contributed by atoms with van der Waals surface area (Å²) in [5.74, 6) is 0. The molecule has 0 saturated heterocycles. The third kappa shape index (κ3) is 61.1. The zero-order valence-corrected chi connectivity index (χ0v) is 37.6. The van der Waals surface area contributed by atoms with Crippen LogP contribution in [0.3, 0.4) is 0 Å². The Bertz CT molecular complexity index is 894. The fraction of sp³-hybridized carbons (Fsp3) is 0.905. The molecular weight excluding hydrogens is 721 g/mol. The second-order valence-electron chi connectivity index (χ2n) is 14.6. The summed E-state index contributed by atoms with van der Waals surface area (Å²) in [6.45, 7) is 4.54. The van der Waals surface area contributed by atoms with Gasteiger partial charge in [-0.25, -0.2) is 16.8 Å². The van der Waals surface area contributed by atoms with E-state index >= 15 is 0 Å². The van der Waals surface area contributed by atoms with Crippen LogP contribution in [0.1, 0.15) is 245 Å². The molecule has 0 rings (SSSR count). The predicted molar refractivity (Wildman–Crippen MR) is 223 cm³/mol. The predicted octanol–water partition coefficient (Wildman–Crippen LogP) is 13.7. The van der Waals surface area contributed by atoms with Crippen LogP contribution in [0, 0.1) is 0 Å². The topological polar surface area (TPSA) is 133 Å². The van der Waals surface area contributed by atoms with Gasteiger partial charge in [-0.1, -0.05) is 219 Å². The first-order valence-corrected chi connectivity index (χ1v) is 24.4. The maximum Gasteiger partial charge on any atom is 2.00 e. The van der Waals surface area contributed by atoms with Crippen molar-refractivity contribution in [2.75, 3.05) is 0 Å². The van der Waals surface area contributed by atoms with Gasteiger partial charge in [0.25, 0.3) is 20.8 Å². The molecule has 0 spiro atoms. The fourth-order valence-electron chi connectivity index (χ4n) is 6.32. The van der Waals surface area contributed by atoms with Crippen molar-refractivity contribution >= 4 is 43.9 Å². The van der Waals surface area contributed by atoms with Crippen molar-refractivity contribution in [3.8, 4) is 0 Å². The van der Waals surface area contributed by atoms with Crippen molar-refractivity contribution in [3.05, 3.63) is 24.7 Å². The number of hydrogen-bond acceptors (Lipinski definition) is 8. The number of allylic oxidation sites excluding steroid dienone is 2. The Balaban J connectivity index is -0.000000926. The SMILES string of the molecule is CCCCCCCCCCCCCCCCCCC/C=C/OS(=O)(=O)[O-].CCCCCCCCCCCCCCCCCCC/C=C/OS(=O)(=O)[O-].[Mg+2]. The van der Waals surface area contributed by atoms with E-state index in [1.165, 1.54) is 193 Å². The quantitative estimate of drug-likeness (QED) is 0.0197. The van der Waals surface area contributed by atoms with Crippen LogP contribution in [0.25, 0.3) is 0 Å². The van der Waals surface area contributed by atoms with Crippen molar-refractivity contribution in [1.29, 1.82) is 0 Å². The molecule has 0 aromatic carbocycles. The summed E-state index contributed by atoms with van der Waals surface area (Å²) < 4.78 is 69.2. The molecule has 11 heteroatoms. The minimum atomic E-state index is -4.58. The average molecular weight is 804 g/mol. The Morgan fingerprint density at radius 1 is 0.340 bits per heavy atom. The van der Waals surface area contributed by atoms with E-state index in [4.69, 9.17) is 0 Å². The second-order valence-corrected chi connectivity index (χ2v) is 16.7. The molecule has 0 aromatic rings. The van der Waals surface area contributed by atoms with Crippen molar-refractivity contribution in [1.82, 2.24) is 0 Å². The van der Waals surface area contributed by atoms with E-state index < -0.39 is 20.8 Å². The molecule has 0 radical (unpaired) electrons. The van der Waals surface area contributed by atoms with Gasteiger partial charge in [-0.2, -0.15) is 0 Å². The molecule has 0 aliphatic heterocycles. The van der Waals surface area contributed by atoms with Gasteiger partial charge in [0.2, 0.25) is 0 Å². The molecule has 53 heavy (non-hydrogen) atoms. The Morgan fingerprint density at radius 2 is 0.509 bits per heavy atom. The first-order valence-electron chi connectivity index (χ1n) is 21.7. The van der Waals surface area contributed by atoms with Gasteiger partial charge in [0.15, 0.2) is 0 Å². The van der Waals surface area contributed by atoms with Gasteiger partial charge in [0, 0.05) is 0 Å². The van der Waals surface area contributed by atoms with Crippen molar-refractivity contribution < 1.29 is 34.3 Å². The Kier molecular flexibility index (Phi) is 49.5. The van der Waals surface area contributed by atoms with Gasteiger partial charge < -0.3 is 17.5 Å². The van der Waals surface area contributed by atoms with Gasteiger partial charge >= 0.3 is 23.1 Å². The van der Waals surface area contributed by atoms with Gasteiger partial charge in [-0.05, 0) is 37.8 Å². The molecule has 0 unspecified atom stereocenters. The second kappa shape index (κ2) is 46.1. The van der Waals surface area contributed by atoms with Crippen LogP contribution in [0.5, 0.6) is 0 Å². The first-order chi connectivity index (χ1) is 25.1. The molecular formula is C42H82MgO8S2. The molecule has 0 aliphatic rings. The fourth-order valence-corrected chi connectivity index (χ4v) is 6.75. The first kappa shape index (κ1) is 57.0. The van der Waals surface area contributed by atoms with Gasteiger partial charge in [-0.3, -0.25) is 0 Å². The van der Waals surface area contributed by atoms with Gasteiger partial charge in [-0.15, -0.1) is 0 Å². The summed E-state index contributed by atoms with van der Waals surface area (Å²) in [4.78, 5) is 0. The normalized spacial score (nSPS) is 11.8. The Hall–Kier alpha value is -0.334. The van der Waals surface area contributed by atoms with E-state index in [-0.39, 0.29) is 23.1 Å². The Labute approximate surface area is 346 Å². The minimum absolute atomic E-state index is 0. The molecule has 0 fully saturated rings. The maximum atomic E-state index is 10.2. The smallest absolute Gasteiger partial charge is 0.716 e. The average Bonchev–Trinajstić information content (AvgIpc) is 3.09. The third-order valence-corrected chi connectivity index (χ3v) is 10.2. The van der Waals surface area contributed by atoms with Crippen molar-refractivity contribution in [2.45, 2.75) is 245 Å². The van der Waals surface area contributed by atoms with Crippen LogP contribution in [0.15, 0.2) is 24.7 Å². The molecule has 0 saturated carbocycles. The molecule has 0 bridgehead atoms. The summed E-state index contributed by atoms with van der Waals surface area (Å²) in [7, 11) is -9.17. The summed E-state index contributed by atoms with van der Waals surface area (Å²) >= 11 is 0. The standard InChI is InChI=1S/2C21H42O4S.Mg/c2*1-2-3-4-5-6-7-8-9-10-11-12-13-14-15-16-17-18-19-20-21-25-26(22,23)24;/h2*20-21H,2-19H2,1H3,(H,22,23,24);/q;;+2/p-2/b2*21-20+;. The van der Waals surface area contributed by atoms with E-state index in [2.05, 4.69) is 22.2 Å². The molecule has 0 amide bonds. The maximum absolute atomic E-state index is 10.2. The Morgan fingerprint density at radius 3 is 0.679 bits per heavy atom. The van der Waals surface area contributed by atoms with Crippen LogP contribution < -0.4 is 0 Å². The van der Waals surface area contributed by atoms with Gasteiger partial charge in [0.1, 0.15) is 12.5 Å². The molecule has 8 nitrogen and oxygen atoms in total. The molecule has 312 valence electrons. The third-order valence-electron chi connectivity index (χ3n) is 9.49. The monoisotopic (exact) mass is 803 g/mol. The van der Waals surface area contributed by atoms with Crippen LogP contribution in [-0.4, -0.2) is 49.0 Å². The van der Waals surface area contributed by atoms with Crippen molar-refractivity contribution in [2.24, 2.45) is 0 Å². The van der Waals surface area contributed by atoms with Crippen molar-refractivity contribution in [3.63, 3.8) is 0 Å². The molecule has 0 aromatic heterocycles. The van der Waals surface area contributed by atoms with Crippen LogP contribution >= 0.6 is 0 Å². The van der Waals surface area contributed by atoms with E-state index in [1.54, 1.807) is 12.2 Å². The minimum Gasteiger partial charge on any atom is -0.716 e. The summed E-state index contributed by atoms with van der Waals surface area (Å²) in [6.07, 6.45) is 52.3. The molecule has 0 atom stereocenters. The van der Waals surface area contributed by atoms with E-state index in [0.29, 0.717) is 0 Å². The van der Waals surface area contributed by atoms with Gasteiger partial charge in [0.05, 0.1) is 0 Å². The molecule has 0 heterocycles. The number of hydrogen-bond donors (Lipinski definition) is 0. The zero-order chi connectivity index (χ0) is 38.7. The zero-order valence-electron chi connectivity index (χ0n) is 34.6. The van der Waals surface area contributed by atoms with Crippen LogP contribution in [0.4, 0.5) is 0 Å². The van der Waals surface area contributed by atoms with Crippen LogP contribution in [-0.2, 0) is 29.2 Å². The van der Waals surface area contributed by atoms with E-state index in [1.807, 2.05) is 0 Å². The van der Waals surface area contributed by atoms with Crippen LogP contribution in [0.2, 0.25) is 0 Å². The van der Waals surface area contributed by atoms with E-state index in [9.17, 15) is 25.9 Å². The summed E-state index contributed by atoms with van der Waals surface area (Å²) in [6, 6.07) is 0. The molecule has 0 N–H and O–H groups in total. The summed E-state index contributed by atoms with van der Waals surface area (Å²) in [5.41, 5.74) is 0. The summed E-state index contributed by atoms with van der Waals surface area (Å²) in [5, 5.41) is 0. The number of rotatable bonds is 40. The molecule has 0 aliphatic carbocycles. The number of unbranched alkanes of at least 4 members (excludes halogenated alkanes) is 34. The largest absolute Gasteiger partial charge is 2.00 e. The van der Waals surface area contributed by atoms with E-state index in [0.717, 1.165) is 51.0 Å².